The number of rotatable bonds is 3. The first-order valence-corrected chi connectivity index (χ1v) is 7.21. The van der Waals surface area contributed by atoms with Crippen molar-refractivity contribution in [1.82, 2.24) is 9.78 Å². The third-order valence-electron chi connectivity index (χ3n) is 4.08. The summed E-state index contributed by atoms with van der Waals surface area (Å²) in [5.41, 5.74) is 9.32. The maximum Gasteiger partial charge on any atom is 0.129 e. The molecule has 1 fully saturated rings. The van der Waals surface area contributed by atoms with Crippen molar-refractivity contribution >= 4 is 5.82 Å². The van der Waals surface area contributed by atoms with Crippen molar-refractivity contribution in [1.29, 1.82) is 0 Å². The normalized spacial score (nSPS) is 15.7. The first kappa shape index (κ1) is 13.0. The van der Waals surface area contributed by atoms with Crippen molar-refractivity contribution in [2.45, 2.75) is 38.7 Å². The van der Waals surface area contributed by atoms with Crippen molar-refractivity contribution in [2.75, 3.05) is 5.73 Å². The zero-order valence-electron chi connectivity index (χ0n) is 12.1. The van der Waals surface area contributed by atoms with Crippen molar-refractivity contribution in [3.63, 3.8) is 0 Å². The fourth-order valence-electron chi connectivity index (χ4n) is 2.91. The number of hydrogen-bond acceptors (Lipinski definition) is 3. The minimum Gasteiger partial charge on any atom is -0.490 e. The Balaban J connectivity index is 2.02. The molecule has 0 amide bonds. The maximum absolute atomic E-state index is 6.21. The molecule has 1 saturated carbocycles. The Morgan fingerprint density at radius 1 is 1.30 bits per heavy atom. The molecule has 0 unspecified atom stereocenters. The van der Waals surface area contributed by atoms with Gasteiger partial charge in [-0.25, -0.2) is 0 Å². The van der Waals surface area contributed by atoms with E-state index >= 15 is 0 Å². The van der Waals surface area contributed by atoms with Gasteiger partial charge in [0.15, 0.2) is 0 Å². The Bertz CT molecular complexity index is 612. The minimum absolute atomic E-state index is 0.341. The van der Waals surface area contributed by atoms with Crippen LogP contribution in [-0.2, 0) is 7.05 Å². The Morgan fingerprint density at radius 3 is 2.70 bits per heavy atom. The fourth-order valence-corrected chi connectivity index (χ4v) is 2.91. The Morgan fingerprint density at radius 2 is 2.05 bits per heavy atom. The quantitative estimate of drug-likeness (QED) is 0.932. The van der Waals surface area contributed by atoms with Gasteiger partial charge in [0, 0.05) is 18.2 Å². The molecule has 1 aliphatic carbocycles. The van der Waals surface area contributed by atoms with Crippen LogP contribution in [-0.4, -0.2) is 15.9 Å². The lowest BCUT2D eigenvalue weighted by atomic mass is 10.0. The van der Waals surface area contributed by atoms with Gasteiger partial charge < -0.3 is 10.5 Å². The number of ether oxygens (including phenoxy) is 1. The summed E-state index contributed by atoms with van der Waals surface area (Å²) in [6.45, 7) is 2.09. The average Bonchev–Trinajstić information content (AvgIpc) is 3.03. The monoisotopic (exact) mass is 271 g/mol. The summed E-state index contributed by atoms with van der Waals surface area (Å²) in [6.07, 6.45) is 6.99. The maximum atomic E-state index is 6.21. The minimum atomic E-state index is 0.341. The number of nitrogens with zero attached hydrogens (tertiary/aromatic N) is 2. The molecule has 0 spiro atoms. The topological polar surface area (TPSA) is 53.1 Å². The first-order chi connectivity index (χ1) is 9.66. The standard InChI is InChI=1S/C16H21N3O/c1-11-6-5-9-14(20-12-7-3-4-8-12)15(11)13-10-18-19(2)16(13)17/h5-6,9-10,12H,3-4,7-8,17H2,1-2H3. The Labute approximate surface area is 119 Å². The van der Waals surface area contributed by atoms with Gasteiger partial charge in [-0.05, 0) is 44.2 Å². The Kier molecular flexibility index (Phi) is 3.38. The van der Waals surface area contributed by atoms with Crippen LogP contribution in [0.1, 0.15) is 31.2 Å². The second-order valence-electron chi connectivity index (χ2n) is 5.54. The van der Waals surface area contributed by atoms with Crippen LogP contribution in [0.2, 0.25) is 0 Å². The number of nitrogens with two attached hydrogens (primary N) is 1. The van der Waals surface area contributed by atoms with Gasteiger partial charge >= 0.3 is 0 Å². The van der Waals surface area contributed by atoms with Gasteiger partial charge in [-0.2, -0.15) is 5.10 Å². The van der Waals surface area contributed by atoms with Crippen molar-refractivity contribution < 1.29 is 4.74 Å². The van der Waals surface area contributed by atoms with E-state index in [2.05, 4.69) is 18.1 Å². The van der Waals surface area contributed by atoms with Crippen molar-refractivity contribution in [3.8, 4) is 16.9 Å². The van der Waals surface area contributed by atoms with E-state index in [1.165, 1.54) is 18.4 Å². The van der Waals surface area contributed by atoms with Crippen LogP contribution < -0.4 is 10.5 Å². The van der Waals surface area contributed by atoms with Crippen LogP contribution >= 0.6 is 0 Å². The van der Waals surface area contributed by atoms with Gasteiger partial charge in [-0.15, -0.1) is 0 Å². The van der Waals surface area contributed by atoms with Crippen molar-refractivity contribution in [2.24, 2.45) is 7.05 Å². The highest BCUT2D eigenvalue weighted by Crippen LogP contribution is 2.38. The van der Waals surface area contributed by atoms with Crippen LogP contribution in [0.5, 0.6) is 5.75 Å². The molecular weight excluding hydrogens is 250 g/mol. The van der Waals surface area contributed by atoms with E-state index in [0.29, 0.717) is 11.9 Å². The summed E-state index contributed by atoms with van der Waals surface area (Å²) in [5.74, 6) is 1.60. The molecular formula is C16H21N3O. The number of benzene rings is 1. The number of aromatic nitrogens is 2. The number of anilines is 1. The highest BCUT2D eigenvalue weighted by atomic mass is 16.5. The van der Waals surface area contributed by atoms with Gasteiger partial charge in [0.05, 0.1) is 12.3 Å². The summed E-state index contributed by atoms with van der Waals surface area (Å²) in [5, 5.41) is 4.24. The second kappa shape index (κ2) is 5.19. The SMILES string of the molecule is Cc1cccc(OC2CCCC2)c1-c1cnn(C)c1N. The van der Waals surface area contributed by atoms with E-state index in [1.807, 2.05) is 25.4 Å². The second-order valence-corrected chi connectivity index (χ2v) is 5.54. The van der Waals surface area contributed by atoms with E-state index in [0.717, 1.165) is 29.7 Å². The molecule has 1 aromatic heterocycles. The predicted molar refractivity (Wildman–Crippen MR) is 80.7 cm³/mol. The fraction of sp³-hybridized carbons (Fsp3) is 0.438. The smallest absolute Gasteiger partial charge is 0.129 e. The lowest BCUT2D eigenvalue weighted by Gasteiger charge is -2.18. The third-order valence-corrected chi connectivity index (χ3v) is 4.08. The average molecular weight is 271 g/mol. The summed E-state index contributed by atoms with van der Waals surface area (Å²) < 4.78 is 7.91. The molecule has 0 atom stereocenters. The lowest BCUT2D eigenvalue weighted by molar-refractivity contribution is 0.211. The van der Waals surface area contributed by atoms with E-state index < -0.39 is 0 Å². The zero-order chi connectivity index (χ0) is 14.1. The van der Waals surface area contributed by atoms with E-state index in [1.54, 1.807) is 4.68 Å². The molecule has 0 saturated heterocycles. The van der Waals surface area contributed by atoms with Crippen LogP contribution in [0, 0.1) is 6.92 Å². The summed E-state index contributed by atoms with van der Waals surface area (Å²) in [6, 6.07) is 6.16. The molecule has 3 rings (SSSR count). The first-order valence-electron chi connectivity index (χ1n) is 7.21. The summed E-state index contributed by atoms with van der Waals surface area (Å²) in [7, 11) is 1.86. The third kappa shape index (κ3) is 2.26. The molecule has 0 radical (unpaired) electrons. The van der Waals surface area contributed by atoms with Crippen LogP contribution in [0.25, 0.3) is 11.1 Å². The zero-order valence-corrected chi connectivity index (χ0v) is 12.1. The molecule has 2 N–H and O–H groups in total. The molecule has 20 heavy (non-hydrogen) atoms. The number of hydrogen-bond donors (Lipinski definition) is 1. The van der Waals surface area contributed by atoms with Crippen LogP contribution in [0.3, 0.4) is 0 Å². The highest BCUT2D eigenvalue weighted by molar-refractivity contribution is 5.80. The van der Waals surface area contributed by atoms with Gasteiger partial charge in [-0.3, -0.25) is 4.68 Å². The van der Waals surface area contributed by atoms with Gasteiger partial charge in [0.25, 0.3) is 0 Å². The van der Waals surface area contributed by atoms with Crippen LogP contribution in [0.15, 0.2) is 24.4 Å². The molecule has 1 heterocycles. The van der Waals surface area contributed by atoms with E-state index in [-0.39, 0.29) is 0 Å². The van der Waals surface area contributed by atoms with Gasteiger partial charge in [0.2, 0.25) is 0 Å². The highest BCUT2D eigenvalue weighted by Gasteiger charge is 2.20. The molecule has 2 aromatic rings. The predicted octanol–water partition coefficient (Wildman–Crippen LogP) is 3.30. The van der Waals surface area contributed by atoms with Crippen molar-refractivity contribution in [3.05, 3.63) is 30.0 Å². The van der Waals surface area contributed by atoms with E-state index in [9.17, 15) is 0 Å². The molecule has 1 aromatic carbocycles. The summed E-state index contributed by atoms with van der Waals surface area (Å²) >= 11 is 0. The molecule has 1 aliphatic rings. The molecule has 4 nitrogen and oxygen atoms in total. The lowest BCUT2D eigenvalue weighted by Crippen LogP contribution is -2.12. The summed E-state index contributed by atoms with van der Waals surface area (Å²) in [4.78, 5) is 0. The largest absolute Gasteiger partial charge is 0.490 e. The molecule has 106 valence electrons. The molecule has 0 aliphatic heterocycles. The van der Waals surface area contributed by atoms with E-state index in [4.69, 9.17) is 10.5 Å². The van der Waals surface area contributed by atoms with Gasteiger partial charge in [-0.1, -0.05) is 12.1 Å². The van der Waals surface area contributed by atoms with Gasteiger partial charge in [0.1, 0.15) is 11.6 Å². The molecule has 0 bridgehead atoms. The molecule has 4 heteroatoms. The Hall–Kier alpha value is -1.97. The number of aryl methyl sites for hydroxylation is 2. The van der Waals surface area contributed by atoms with Crippen LogP contribution in [0.4, 0.5) is 5.82 Å². The number of nitrogen functional groups attached to an aromatic ring is 1.